The predicted octanol–water partition coefficient (Wildman–Crippen LogP) is 2.88. The van der Waals surface area contributed by atoms with Crippen molar-refractivity contribution >= 4 is 11.6 Å². The van der Waals surface area contributed by atoms with E-state index in [1.165, 1.54) is 0 Å². The Bertz CT molecular complexity index is 285. The molecule has 0 aliphatic rings. The molecule has 1 heterocycles. The van der Waals surface area contributed by atoms with Crippen molar-refractivity contribution in [2.75, 3.05) is 0 Å². The molecule has 0 aliphatic heterocycles. The van der Waals surface area contributed by atoms with Crippen LogP contribution in [0.25, 0.3) is 0 Å². The highest BCUT2D eigenvalue weighted by atomic mass is 35.5. The summed E-state index contributed by atoms with van der Waals surface area (Å²) in [6.45, 7) is 7.38. The van der Waals surface area contributed by atoms with Gasteiger partial charge in [0.2, 0.25) is 0 Å². The number of aryl methyl sites for hydroxylation is 1. The lowest BCUT2D eigenvalue weighted by molar-refractivity contribution is 0.483. The van der Waals surface area contributed by atoms with Gasteiger partial charge in [0.15, 0.2) is 0 Å². The van der Waals surface area contributed by atoms with Crippen molar-refractivity contribution < 1.29 is 0 Å². The third-order valence-corrected chi connectivity index (χ3v) is 3.38. The molecule has 3 nitrogen and oxygen atoms in total. The van der Waals surface area contributed by atoms with Gasteiger partial charge in [0.1, 0.15) is 12.2 Å². The zero-order chi connectivity index (χ0) is 11.3. The van der Waals surface area contributed by atoms with Crippen LogP contribution in [0, 0.1) is 5.92 Å². The molecule has 0 radical (unpaired) electrons. The first-order valence-corrected chi connectivity index (χ1v) is 6.13. The molecule has 0 bridgehead atoms. The zero-order valence-electron chi connectivity index (χ0n) is 9.78. The molecule has 0 N–H and O–H groups in total. The SMILES string of the molecule is CCCn1ncnc1CC(C)C(Cl)CC. The van der Waals surface area contributed by atoms with E-state index in [0.29, 0.717) is 5.92 Å². The van der Waals surface area contributed by atoms with Crippen LogP contribution in [0.4, 0.5) is 0 Å². The predicted molar refractivity (Wildman–Crippen MR) is 63.1 cm³/mol. The van der Waals surface area contributed by atoms with Gasteiger partial charge in [0, 0.05) is 18.3 Å². The van der Waals surface area contributed by atoms with Gasteiger partial charge in [0.05, 0.1) is 0 Å². The first-order valence-electron chi connectivity index (χ1n) is 5.69. The molecule has 0 aromatic carbocycles. The fraction of sp³-hybridized carbons (Fsp3) is 0.818. The summed E-state index contributed by atoms with van der Waals surface area (Å²) in [5.41, 5.74) is 0. The van der Waals surface area contributed by atoms with E-state index in [1.54, 1.807) is 6.33 Å². The molecule has 86 valence electrons. The van der Waals surface area contributed by atoms with Crippen LogP contribution in [-0.4, -0.2) is 20.1 Å². The average Bonchev–Trinajstić information content (AvgIpc) is 2.65. The van der Waals surface area contributed by atoms with E-state index in [2.05, 4.69) is 30.9 Å². The summed E-state index contributed by atoms with van der Waals surface area (Å²) in [4.78, 5) is 4.28. The Morgan fingerprint density at radius 2 is 2.20 bits per heavy atom. The van der Waals surface area contributed by atoms with Crippen molar-refractivity contribution in [3.8, 4) is 0 Å². The molecule has 0 saturated carbocycles. The maximum atomic E-state index is 6.20. The van der Waals surface area contributed by atoms with Crippen LogP contribution in [-0.2, 0) is 13.0 Å². The van der Waals surface area contributed by atoms with Crippen LogP contribution in [0.3, 0.4) is 0 Å². The van der Waals surface area contributed by atoms with Crippen LogP contribution >= 0.6 is 11.6 Å². The maximum Gasteiger partial charge on any atom is 0.138 e. The smallest absolute Gasteiger partial charge is 0.138 e. The summed E-state index contributed by atoms with van der Waals surface area (Å²) >= 11 is 6.20. The number of halogens is 1. The van der Waals surface area contributed by atoms with E-state index in [1.807, 2.05) is 4.68 Å². The van der Waals surface area contributed by atoms with Crippen LogP contribution in [0.15, 0.2) is 6.33 Å². The molecule has 2 atom stereocenters. The number of aromatic nitrogens is 3. The first-order chi connectivity index (χ1) is 7.19. The second-order valence-electron chi connectivity index (χ2n) is 4.01. The fourth-order valence-electron chi connectivity index (χ4n) is 1.66. The highest BCUT2D eigenvalue weighted by Crippen LogP contribution is 2.17. The Balaban J connectivity index is 2.59. The highest BCUT2D eigenvalue weighted by molar-refractivity contribution is 6.20. The summed E-state index contributed by atoms with van der Waals surface area (Å²) in [5.74, 6) is 1.51. The van der Waals surface area contributed by atoms with Crippen molar-refractivity contribution in [3.63, 3.8) is 0 Å². The van der Waals surface area contributed by atoms with Gasteiger partial charge >= 0.3 is 0 Å². The monoisotopic (exact) mass is 229 g/mol. The summed E-state index contributed by atoms with van der Waals surface area (Å²) in [5, 5.41) is 4.44. The molecule has 0 spiro atoms. The van der Waals surface area contributed by atoms with Gasteiger partial charge in [-0.2, -0.15) is 5.10 Å². The lowest BCUT2D eigenvalue weighted by Gasteiger charge is -2.15. The lowest BCUT2D eigenvalue weighted by Crippen LogP contribution is -2.16. The molecule has 1 aromatic rings. The molecule has 15 heavy (non-hydrogen) atoms. The summed E-state index contributed by atoms with van der Waals surface area (Å²) in [6, 6.07) is 0. The minimum Gasteiger partial charge on any atom is -0.250 e. The van der Waals surface area contributed by atoms with Crippen molar-refractivity contribution in [1.29, 1.82) is 0 Å². The van der Waals surface area contributed by atoms with Crippen LogP contribution in [0.2, 0.25) is 0 Å². The van der Waals surface area contributed by atoms with E-state index in [-0.39, 0.29) is 5.38 Å². The third-order valence-electron chi connectivity index (χ3n) is 2.64. The van der Waals surface area contributed by atoms with Crippen molar-refractivity contribution in [2.24, 2.45) is 5.92 Å². The second kappa shape index (κ2) is 6.11. The average molecular weight is 230 g/mol. The Morgan fingerprint density at radius 3 is 2.80 bits per heavy atom. The minimum absolute atomic E-state index is 0.233. The van der Waals surface area contributed by atoms with Crippen LogP contribution in [0.1, 0.15) is 39.4 Å². The van der Waals surface area contributed by atoms with E-state index in [4.69, 9.17) is 11.6 Å². The Morgan fingerprint density at radius 1 is 1.47 bits per heavy atom. The topological polar surface area (TPSA) is 30.7 Å². The molecule has 1 aromatic heterocycles. The number of rotatable bonds is 6. The molecular formula is C11H20ClN3. The number of hydrogen-bond acceptors (Lipinski definition) is 2. The van der Waals surface area contributed by atoms with Crippen molar-refractivity contribution in [1.82, 2.24) is 14.8 Å². The van der Waals surface area contributed by atoms with E-state index >= 15 is 0 Å². The quantitative estimate of drug-likeness (QED) is 0.703. The van der Waals surface area contributed by atoms with Crippen molar-refractivity contribution in [2.45, 2.75) is 52.0 Å². The summed E-state index contributed by atoms with van der Waals surface area (Å²) < 4.78 is 1.98. The van der Waals surface area contributed by atoms with Gasteiger partial charge in [-0.05, 0) is 18.8 Å². The second-order valence-corrected chi connectivity index (χ2v) is 4.57. The van der Waals surface area contributed by atoms with Gasteiger partial charge in [0.25, 0.3) is 0 Å². The van der Waals surface area contributed by atoms with Gasteiger partial charge in [-0.3, -0.25) is 4.68 Å². The maximum absolute atomic E-state index is 6.20. The molecule has 1 rings (SSSR count). The molecule has 0 amide bonds. The van der Waals surface area contributed by atoms with E-state index in [0.717, 1.165) is 31.6 Å². The minimum atomic E-state index is 0.233. The van der Waals surface area contributed by atoms with Gasteiger partial charge in [-0.25, -0.2) is 4.98 Å². The number of hydrogen-bond donors (Lipinski definition) is 0. The Kier molecular flexibility index (Phi) is 5.09. The Hall–Kier alpha value is -0.570. The Labute approximate surface area is 96.8 Å². The zero-order valence-corrected chi connectivity index (χ0v) is 10.5. The lowest BCUT2D eigenvalue weighted by atomic mass is 10.0. The van der Waals surface area contributed by atoms with Gasteiger partial charge < -0.3 is 0 Å². The normalized spacial score (nSPS) is 15.2. The number of alkyl halides is 1. The van der Waals surface area contributed by atoms with E-state index < -0.39 is 0 Å². The molecule has 4 heteroatoms. The summed E-state index contributed by atoms with van der Waals surface area (Å²) in [6.07, 6.45) is 4.64. The highest BCUT2D eigenvalue weighted by Gasteiger charge is 2.15. The number of nitrogens with zero attached hydrogens (tertiary/aromatic N) is 3. The van der Waals surface area contributed by atoms with Gasteiger partial charge in [-0.1, -0.05) is 20.8 Å². The van der Waals surface area contributed by atoms with Crippen molar-refractivity contribution in [3.05, 3.63) is 12.2 Å². The molecule has 0 aliphatic carbocycles. The largest absolute Gasteiger partial charge is 0.250 e. The van der Waals surface area contributed by atoms with Crippen LogP contribution in [0.5, 0.6) is 0 Å². The van der Waals surface area contributed by atoms with Crippen LogP contribution < -0.4 is 0 Å². The first kappa shape index (κ1) is 12.5. The molecule has 0 fully saturated rings. The fourth-order valence-corrected chi connectivity index (χ4v) is 1.75. The van der Waals surface area contributed by atoms with E-state index in [9.17, 15) is 0 Å². The standard InChI is InChI=1S/C11H20ClN3/c1-4-6-15-11(13-8-14-15)7-9(3)10(12)5-2/h8-10H,4-7H2,1-3H3. The molecular weight excluding hydrogens is 210 g/mol. The summed E-state index contributed by atoms with van der Waals surface area (Å²) in [7, 11) is 0. The molecule has 2 unspecified atom stereocenters. The van der Waals surface area contributed by atoms with Gasteiger partial charge in [-0.15, -0.1) is 11.6 Å². The third kappa shape index (κ3) is 3.49. The molecule has 0 saturated heterocycles.